The van der Waals surface area contributed by atoms with Gasteiger partial charge in [-0.15, -0.1) is 0 Å². The van der Waals surface area contributed by atoms with E-state index in [1.807, 2.05) is 48.5 Å². The van der Waals surface area contributed by atoms with E-state index in [4.69, 9.17) is 17.3 Å². The molecule has 0 unspecified atom stereocenters. The van der Waals surface area contributed by atoms with Gasteiger partial charge in [-0.3, -0.25) is 9.97 Å². The third-order valence-corrected chi connectivity index (χ3v) is 5.36. The van der Waals surface area contributed by atoms with Gasteiger partial charge in [0.25, 0.3) is 0 Å². The van der Waals surface area contributed by atoms with Gasteiger partial charge in [0.1, 0.15) is 0 Å². The van der Waals surface area contributed by atoms with E-state index < -0.39 is 0 Å². The summed E-state index contributed by atoms with van der Waals surface area (Å²) in [7, 11) is 0. The van der Waals surface area contributed by atoms with Crippen molar-refractivity contribution in [1.29, 1.82) is 0 Å². The predicted molar refractivity (Wildman–Crippen MR) is 136 cm³/mol. The topological polar surface area (TPSA) is 92.9 Å². The maximum Gasteiger partial charge on any atom is 0.319 e. The number of halogens is 1. The van der Waals surface area contributed by atoms with E-state index >= 15 is 0 Å². The summed E-state index contributed by atoms with van der Waals surface area (Å²) < 4.78 is 0. The van der Waals surface area contributed by atoms with Crippen molar-refractivity contribution in [2.75, 3.05) is 17.6 Å². The summed E-state index contributed by atoms with van der Waals surface area (Å²) in [6.07, 6.45) is 7.67. The third kappa shape index (κ3) is 6.12. The number of rotatable bonds is 5. The van der Waals surface area contributed by atoms with Crippen LogP contribution in [0.2, 0.25) is 5.02 Å². The number of nitrogens with zero attached hydrogens (tertiary/aromatic N) is 2. The average molecular weight is 468 g/mol. The number of nitrogens with two attached hydrogens (primary N) is 1. The Hall–Kier alpha value is -4.34. The first-order valence-corrected chi connectivity index (χ1v) is 11.0. The van der Waals surface area contributed by atoms with Gasteiger partial charge >= 0.3 is 6.03 Å². The Morgan fingerprint density at radius 3 is 2.59 bits per heavy atom. The van der Waals surface area contributed by atoms with Crippen LogP contribution in [0, 0.1) is 11.8 Å². The number of pyridine rings is 2. The standard InChI is InChI=1S/C27H22ClN5O/c28-25-16-19(4-8-26(25)29)3-5-22-17-23(6-7-24(22)21-10-13-30-14-11-21)33-27(34)32-15-9-20-2-1-12-31-18-20/h1-2,4,6-8,10-14,16-18H,9,15,29H2,(H2,32,33,34). The van der Waals surface area contributed by atoms with Crippen molar-refractivity contribution < 1.29 is 4.79 Å². The van der Waals surface area contributed by atoms with Crippen LogP contribution in [0.15, 0.2) is 85.5 Å². The Balaban J connectivity index is 1.53. The first-order valence-electron chi connectivity index (χ1n) is 10.6. The van der Waals surface area contributed by atoms with Gasteiger partial charge < -0.3 is 16.4 Å². The number of hydrogen-bond acceptors (Lipinski definition) is 4. The monoisotopic (exact) mass is 467 g/mol. The highest BCUT2D eigenvalue weighted by atomic mass is 35.5. The predicted octanol–water partition coefficient (Wildman–Crippen LogP) is 5.14. The molecule has 0 fully saturated rings. The van der Waals surface area contributed by atoms with Crippen LogP contribution in [0.5, 0.6) is 0 Å². The van der Waals surface area contributed by atoms with Crippen molar-refractivity contribution in [2.45, 2.75) is 6.42 Å². The summed E-state index contributed by atoms with van der Waals surface area (Å²) in [4.78, 5) is 20.6. The Bertz CT molecular complexity index is 1350. The van der Waals surface area contributed by atoms with E-state index in [0.717, 1.165) is 27.8 Å². The number of aromatic nitrogens is 2. The molecule has 168 valence electrons. The van der Waals surface area contributed by atoms with E-state index in [1.54, 1.807) is 36.9 Å². The molecule has 4 rings (SSSR count). The molecule has 4 aromatic rings. The SMILES string of the molecule is Nc1ccc(C#Cc2cc(NC(=O)NCCc3cccnc3)ccc2-c2ccncc2)cc1Cl. The molecule has 2 aromatic heterocycles. The molecule has 0 aliphatic heterocycles. The smallest absolute Gasteiger partial charge is 0.319 e. The van der Waals surface area contributed by atoms with Gasteiger partial charge in [0.05, 0.1) is 10.7 Å². The van der Waals surface area contributed by atoms with Crippen molar-refractivity contribution in [1.82, 2.24) is 15.3 Å². The molecule has 2 aromatic carbocycles. The lowest BCUT2D eigenvalue weighted by Crippen LogP contribution is -2.30. The van der Waals surface area contributed by atoms with Crippen molar-refractivity contribution in [3.8, 4) is 23.0 Å². The second kappa shape index (κ2) is 11.0. The molecule has 0 atom stereocenters. The Kier molecular flexibility index (Phi) is 7.39. The molecular weight excluding hydrogens is 446 g/mol. The van der Waals surface area contributed by atoms with Crippen LogP contribution >= 0.6 is 11.6 Å². The van der Waals surface area contributed by atoms with Crippen molar-refractivity contribution >= 4 is 29.0 Å². The largest absolute Gasteiger partial charge is 0.398 e. The number of urea groups is 1. The molecule has 2 heterocycles. The van der Waals surface area contributed by atoms with Crippen LogP contribution in [0.3, 0.4) is 0 Å². The maximum absolute atomic E-state index is 12.4. The van der Waals surface area contributed by atoms with Crippen LogP contribution < -0.4 is 16.4 Å². The molecule has 0 saturated heterocycles. The Morgan fingerprint density at radius 1 is 0.971 bits per heavy atom. The summed E-state index contributed by atoms with van der Waals surface area (Å²) in [6.45, 7) is 0.497. The molecule has 4 N–H and O–H groups in total. The second-order valence-corrected chi connectivity index (χ2v) is 7.88. The molecule has 0 spiro atoms. The summed E-state index contributed by atoms with van der Waals surface area (Å²) >= 11 is 6.13. The minimum absolute atomic E-state index is 0.287. The van der Waals surface area contributed by atoms with Crippen molar-refractivity contribution in [3.05, 3.63) is 107 Å². The fourth-order valence-electron chi connectivity index (χ4n) is 3.29. The van der Waals surface area contributed by atoms with Crippen LogP contribution in [0.4, 0.5) is 16.2 Å². The number of carbonyl (C=O) groups is 1. The van der Waals surface area contributed by atoms with E-state index in [2.05, 4.69) is 32.4 Å². The molecule has 0 saturated carbocycles. The van der Waals surface area contributed by atoms with Gasteiger partial charge in [-0.2, -0.15) is 0 Å². The summed E-state index contributed by atoms with van der Waals surface area (Å²) in [5, 5.41) is 6.20. The van der Waals surface area contributed by atoms with Crippen LogP contribution in [-0.2, 0) is 6.42 Å². The average Bonchev–Trinajstić information content (AvgIpc) is 2.86. The lowest BCUT2D eigenvalue weighted by atomic mass is 10.00. The molecular formula is C27H22ClN5O. The number of amides is 2. The highest BCUT2D eigenvalue weighted by molar-refractivity contribution is 6.33. The summed E-state index contributed by atoms with van der Waals surface area (Å²) in [5.41, 5.74) is 11.4. The number of benzene rings is 2. The van der Waals surface area contributed by atoms with Crippen LogP contribution in [-0.4, -0.2) is 22.5 Å². The van der Waals surface area contributed by atoms with E-state index in [-0.39, 0.29) is 6.03 Å². The molecule has 0 aliphatic carbocycles. The zero-order chi connectivity index (χ0) is 23.8. The number of nitrogens with one attached hydrogen (secondary N) is 2. The summed E-state index contributed by atoms with van der Waals surface area (Å²) in [6, 6.07) is 18.3. The maximum atomic E-state index is 12.4. The Labute approximate surface area is 203 Å². The Morgan fingerprint density at radius 2 is 1.82 bits per heavy atom. The van der Waals surface area contributed by atoms with Crippen LogP contribution in [0.25, 0.3) is 11.1 Å². The number of hydrogen-bond donors (Lipinski definition) is 3. The molecule has 6 nitrogen and oxygen atoms in total. The molecule has 34 heavy (non-hydrogen) atoms. The first-order chi connectivity index (χ1) is 16.6. The summed E-state index contributed by atoms with van der Waals surface area (Å²) in [5.74, 6) is 6.34. The lowest BCUT2D eigenvalue weighted by Gasteiger charge is -2.11. The number of carbonyl (C=O) groups excluding carboxylic acids is 1. The van der Waals surface area contributed by atoms with Gasteiger partial charge in [0.15, 0.2) is 0 Å². The number of anilines is 2. The highest BCUT2D eigenvalue weighted by Crippen LogP contribution is 2.26. The van der Waals surface area contributed by atoms with Crippen LogP contribution in [0.1, 0.15) is 16.7 Å². The zero-order valence-corrected chi connectivity index (χ0v) is 19.0. The minimum Gasteiger partial charge on any atom is -0.398 e. The van der Waals surface area contributed by atoms with E-state index in [9.17, 15) is 4.79 Å². The molecule has 0 radical (unpaired) electrons. The highest BCUT2D eigenvalue weighted by Gasteiger charge is 2.08. The second-order valence-electron chi connectivity index (χ2n) is 7.47. The van der Waals surface area contributed by atoms with E-state index in [1.165, 1.54) is 0 Å². The van der Waals surface area contributed by atoms with Gasteiger partial charge in [0.2, 0.25) is 0 Å². The number of nitrogen functional groups attached to an aromatic ring is 1. The first kappa shape index (κ1) is 22.8. The van der Waals surface area contributed by atoms with Gasteiger partial charge in [-0.25, -0.2) is 4.79 Å². The van der Waals surface area contributed by atoms with Gasteiger partial charge in [-0.05, 0) is 71.6 Å². The van der Waals surface area contributed by atoms with Crippen molar-refractivity contribution in [2.24, 2.45) is 0 Å². The normalized spacial score (nSPS) is 10.1. The quantitative estimate of drug-likeness (QED) is 0.280. The van der Waals surface area contributed by atoms with E-state index in [0.29, 0.717) is 29.4 Å². The fourth-order valence-corrected chi connectivity index (χ4v) is 3.48. The third-order valence-electron chi connectivity index (χ3n) is 5.03. The molecule has 7 heteroatoms. The minimum atomic E-state index is -0.287. The molecule has 0 aliphatic rings. The van der Waals surface area contributed by atoms with Gasteiger partial charge in [-0.1, -0.05) is 35.6 Å². The molecule has 0 bridgehead atoms. The van der Waals surface area contributed by atoms with Crippen molar-refractivity contribution in [3.63, 3.8) is 0 Å². The fraction of sp³-hybridized carbons (Fsp3) is 0.0741. The zero-order valence-electron chi connectivity index (χ0n) is 18.3. The molecule has 2 amide bonds. The van der Waals surface area contributed by atoms with Gasteiger partial charge in [0, 0.05) is 48.1 Å². The lowest BCUT2D eigenvalue weighted by molar-refractivity contribution is 0.252.